The molecule has 116 valence electrons. The van der Waals surface area contributed by atoms with Crippen LogP contribution in [0.1, 0.15) is 19.0 Å². The fourth-order valence-electron chi connectivity index (χ4n) is 2.61. The maximum atomic E-state index is 13.0. The SMILES string of the molecule is CC1C(=O)NCCCN1Cc1ccn(-c2ccc(F)cc2)n1. The highest BCUT2D eigenvalue weighted by molar-refractivity contribution is 5.81. The number of rotatable bonds is 3. The van der Waals surface area contributed by atoms with Gasteiger partial charge in [0, 0.05) is 25.8 Å². The summed E-state index contributed by atoms with van der Waals surface area (Å²) in [5, 5.41) is 7.42. The first-order chi connectivity index (χ1) is 10.6. The van der Waals surface area contributed by atoms with Crippen LogP contribution in [0.4, 0.5) is 4.39 Å². The summed E-state index contributed by atoms with van der Waals surface area (Å²) in [4.78, 5) is 14.0. The molecule has 1 aromatic carbocycles. The molecule has 0 bridgehead atoms. The predicted octanol–water partition coefficient (Wildman–Crippen LogP) is 1.72. The molecule has 6 heteroatoms. The molecule has 1 aliphatic heterocycles. The van der Waals surface area contributed by atoms with Crippen molar-refractivity contribution >= 4 is 5.91 Å². The zero-order valence-electron chi connectivity index (χ0n) is 12.5. The van der Waals surface area contributed by atoms with Crippen molar-refractivity contribution in [2.24, 2.45) is 0 Å². The average Bonchev–Trinajstić information content (AvgIpc) is 2.92. The van der Waals surface area contributed by atoms with Gasteiger partial charge in [-0.3, -0.25) is 9.69 Å². The quantitative estimate of drug-likeness (QED) is 0.939. The number of carbonyl (C=O) groups excluding carboxylic acids is 1. The summed E-state index contributed by atoms with van der Waals surface area (Å²) in [5.74, 6) is -0.198. The van der Waals surface area contributed by atoms with E-state index in [0.717, 1.165) is 30.9 Å². The average molecular weight is 302 g/mol. The maximum absolute atomic E-state index is 13.0. The van der Waals surface area contributed by atoms with Gasteiger partial charge in [-0.1, -0.05) is 0 Å². The normalized spacial score (nSPS) is 19.7. The molecule has 22 heavy (non-hydrogen) atoms. The van der Waals surface area contributed by atoms with E-state index in [1.165, 1.54) is 12.1 Å². The molecule has 2 heterocycles. The second-order valence-corrected chi connectivity index (χ2v) is 5.52. The van der Waals surface area contributed by atoms with E-state index in [9.17, 15) is 9.18 Å². The molecule has 2 aromatic rings. The fourth-order valence-corrected chi connectivity index (χ4v) is 2.61. The minimum absolute atomic E-state index is 0.0652. The molecule has 1 N–H and O–H groups in total. The molecular formula is C16H19FN4O. The maximum Gasteiger partial charge on any atom is 0.237 e. The lowest BCUT2D eigenvalue weighted by Gasteiger charge is -2.24. The molecule has 1 fully saturated rings. The summed E-state index contributed by atoms with van der Waals surface area (Å²) < 4.78 is 14.7. The zero-order chi connectivity index (χ0) is 15.5. The minimum atomic E-state index is -0.263. The van der Waals surface area contributed by atoms with Crippen LogP contribution in [-0.2, 0) is 11.3 Å². The molecule has 0 saturated carbocycles. The van der Waals surface area contributed by atoms with Gasteiger partial charge in [0.25, 0.3) is 0 Å². The summed E-state index contributed by atoms with van der Waals surface area (Å²) >= 11 is 0. The molecule has 0 aliphatic carbocycles. The highest BCUT2D eigenvalue weighted by atomic mass is 19.1. The first kappa shape index (κ1) is 14.7. The Labute approximate surface area is 128 Å². The molecular weight excluding hydrogens is 283 g/mol. The van der Waals surface area contributed by atoms with Crippen molar-refractivity contribution in [1.29, 1.82) is 0 Å². The lowest BCUT2D eigenvalue weighted by molar-refractivity contribution is -0.125. The molecule has 0 radical (unpaired) electrons. The van der Waals surface area contributed by atoms with Gasteiger partial charge >= 0.3 is 0 Å². The zero-order valence-corrected chi connectivity index (χ0v) is 12.5. The van der Waals surface area contributed by atoms with Gasteiger partial charge in [0.05, 0.1) is 17.4 Å². The van der Waals surface area contributed by atoms with E-state index in [2.05, 4.69) is 15.3 Å². The van der Waals surface area contributed by atoms with Crippen molar-refractivity contribution in [3.8, 4) is 5.69 Å². The number of carbonyl (C=O) groups is 1. The Hall–Kier alpha value is -2.21. The summed E-state index contributed by atoms with van der Waals surface area (Å²) in [6.07, 6.45) is 2.79. The van der Waals surface area contributed by atoms with Crippen LogP contribution in [-0.4, -0.2) is 39.7 Å². The van der Waals surface area contributed by atoms with Crippen LogP contribution >= 0.6 is 0 Å². The Bertz CT molecular complexity index is 652. The Morgan fingerprint density at radius 1 is 1.32 bits per heavy atom. The van der Waals surface area contributed by atoms with Gasteiger partial charge in [-0.2, -0.15) is 5.10 Å². The Morgan fingerprint density at radius 3 is 2.86 bits per heavy atom. The molecule has 1 aliphatic rings. The minimum Gasteiger partial charge on any atom is -0.355 e. The van der Waals surface area contributed by atoms with E-state index in [1.54, 1.807) is 16.8 Å². The third-order valence-corrected chi connectivity index (χ3v) is 3.95. The lowest BCUT2D eigenvalue weighted by Crippen LogP contribution is -2.41. The molecule has 0 spiro atoms. The van der Waals surface area contributed by atoms with Gasteiger partial charge in [-0.25, -0.2) is 9.07 Å². The highest BCUT2D eigenvalue weighted by Crippen LogP contribution is 2.13. The van der Waals surface area contributed by atoms with E-state index < -0.39 is 0 Å². The highest BCUT2D eigenvalue weighted by Gasteiger charge is 2.24. The summed E-state index contributed by atoms with van der Waals surface area (Å²) in [7, 11) is 0. The van der Waals surface area contributed by atoms with Gasteiger partial charge in [0.1, 0.15) is 5.82 Å². The van der Waals surface area contributed by atoms with Crippen molar-refractivity contribution in [3.63, 3.8) is 0 Å². The second-order valence-electron chi connectivity index (χ2n) is 5.52. The number of aromatic nitrogens is 2. The van der Waals surface area contributed by atoms with E-state index in [-0.39, 0.29) is 17.8 Å². The van der Waals surface area contributed by atoms with E-state index in [0.29, 0.717) is 6.54 Å². The second kappa shape index (κ2) is 6.27. The Balaban J connectivity index is 1.73. The number of amides is 1. The van der Waals surface area contributed by atoms with Crippen LogP contribution in [0.15, 0.2) is 36.5 Å². The van der Waals surface area contributed by atoms with E-state index in [4.69, 9.17) is 0 Å². The number of halogens is 1. The van der Waals surface area contributed by atoms with Crippen LogP contribution < -0.4 is 5.32 Å². The monoisotopic (exact) mass is 302 g/mol. The van der Waals surface area contributed by atoms with Crippen LogP contribution in [0.2, 0.25) is 0 Å². The molecule has 5 nitrogen and oxygen atoms in total. The largest absolute Gasteiger partial charge is 0.355 e. The predicted molar refractivity (Wildman–Crippen MR) is 81.0 cm³/mol. The van der Waals surface area contributed by atoms with Gasteiger partial charge in [0.15, 0.2) is 0 Å². The Morgan fingerprint density at radius 2 is 2.09 bits per heavy atom. The van der Waals surface area contributed by atoms with Crippen molar-refractivity contribution in [2.45, 2.75) is 25.9 Å². The van der Waals surface area contributed by atoms with E-state index in [1.807, 2.05) is 19.2 Å². The molecule has 1 unspecified atom stereocenters. The number of hydrogen-bond acceptors (Lipinski definition) is 3. The van der Waals surface area contributed by atoms with Gasteiger partial charge in [-0.15, -0.1) is 0 Å². The van der Waals surface area contributed by atoms with Crippen LogP contribution in [0.5, 0.6) is 0 Å². The molecule has 1 saturated heterocycles. The molecule has 1 atom stereocenters. The smallest absolute Gasteiger partial charge is 0.237 e. The summed E-state index contributed by atoms with van der Waals surface area (Å²) in [6.45, 7) is 4.13. The van der Waals surface area contributed by atoms with Crippen molar-refractivity contribution in [1.82, 2.24) is 20.0 Å². The topological polar surface area (TPSA) is 50.2 Å². The molecule has 1 amide bonds. The number of nitrogens with zero attached hydrogens (tertiary/aromatic N) is 3. The first-order valence-corrected chi connectivity index (χ1v) is 7.46. The summed E-state index contributed by atoms with van der Waals surface area (Å²) in [6, 6.07) is 7.98. The van der Waals surface area contributed by atoms with Crippen LogP contribution in [0.3, 0.4) is 0 Å². The van der Waals surface area contributed by atoms with Crippen molar-refractivity contribution < 1.29 is 9.18 Å². The van der Waals surface area contributed by atoms with Crippen molar-refractivity contribution in [2.75, 3.05) is 13.1 Å². The molecule has 3 rings (SSSR count). The third-order valence-electron chi connectivity index (χ3n) is 3.95. The van der Waals surface area contributed by atoms with Gasteiger partial charge < -0.3 is 5.32 Å². The van der Waals surface area contributed by atoms with Crippen molar-refractivity contribution in [3.05, 3.63) is 48.0 Å². The number of benzene rings is 1. The summed E-state index contributed by atoms with van der Waals surface area (Å²) in [5.41, 5.74) is 1.71. The fraction of sp³-hybridized carbons (Fsp3) is 0.375. The lowest BCUT2D eigenvalue weighted by atomic mass is 10.2. The van der Waals surface area contributed by atoms with E-state index >= 15 is 0 Å². The molecule has 1 aromatic heterocycles. The van der Waals surface area contributed by atoms with Crippen LogP contribution in [0, 0.1) is 5.82 Å². The first-order valence-electron chi connectivity index (χ1n) is 7.46. The van der Waals surface area contributed by atoms with Gasteiger partial charge in [0.2, 0.25) is 5.91 Å². The van der Waals surface area contributed by atoms with Crippen LogP contribution in [0.25, 0.3) is 5.69 Å². The number of nitrogens with one attached hydrogen (secondary N) is 1. The Kier molecular flexibility index (Phi) is 4.20. The third kappa shape index (κ3) is 3.17. The standard InChI is InChI=1S/C16H19FN4O/c1-12-16(22)18-8-2-9-20(12)11-14-7-10-21(19-14)15-5-3-13(17)4-6-15/h3-7,10,12H,2,8-9,11H2,1H3,(H,18,22). The number of hydrogen-bond donors (Lipinski definition) is 1. The van der Waals surface area contributed by atoms with Gasteiger partial charge in [-0.05, 0) is 43.7 Å².